The van der Waals surface area contributed by atoms with Gasteiger partial charge in [-0.15, -0.1) is 0 Å². The second-order valence-electron chi connectivity index (χ2n) is 7.22. The molecule has 0 radical (unpaired) electrons. The number of halogens is 1. The summed E-state index contributed by atoms with van der Waals surface area (Å²) in [6.07, 6.45) is 3.92. The van der Waals surface area contributed by atoms with Crippen LogP contribution in [-0.2, 0) is 10.0 Å². The molecule has 4 rings (SSSR count). The number of carbonyl (C=O) groups excluding carboxylic acids is 1. The number of nitrogens with zero attached hydrogens (tertiary/aromatic N) is 2. The van der Waals surface area contributed by atoms with Crippen LogP contribution in [0, 0.1) is 5.92 Å². The van der Waals surface area contributed by atoms with Crippen molar-refractivity contribution in [3.05, 3.63) is 65.3 Å². The van der Waals surface area contributed by atoms with Crippen LogP contribution in [0.3, 0.4) is 0 Å². The molecular formula is C21H20ClN3O3S. The maximum atomic E-state index is 12.9. The van der Waals surface area contributed by atoms with Gasteiger partial charge in [0.05, 0.1) is 16.3 Å². The van der Waals surface area contributed by atoms with E-state index in [1.165, 1.54) is 12.1 Å². The number of hydrogen-bond acceptors (Lipinski definition) is 4. The third-order valence-electron chi connectivity index (χ3n) is 5.24. The van der Waals surface area contributed by atoms with Crippen LogP contribution in [0.15, 0.2) is 59.5 Å². The van der Waals surface area contributed by atoms with Crippen molar-refractivity contribution in [3.63, 3.8) is 0 Å². The number of carbonyl (C=O) groups is 1. The lowest BCUT2D eigenvalue weighted by atomic mass is 10.00. The molecule has 0 unspecified atom stereocenters. The van der Waals surface area contributed by atoms with Gasteiger partial charge in [0.15, 0.2) is 5.78 Å². The predicted octanol–water partition coefficient (Wildman–Crippen LogP) is 4.21. The normalized spacial score (nSPS) is 15.0. The van der Waals surface area contributed by atoms with Gasteiger partial charge in [-0.05, 0) is 55.3 Å². The fourth-order valence-corrected chi connectivity index (χ4v) is 4.34. The summed E-state index contributed by atoms with van der Waals surface area (Å²) >= 11 is 6.01. The third kappa shape index (κ3) is 4.12. The molecule has 1 aliphatic carbocycles. The number of ketones is 1. The lowest BCUT2D eigenvalue weighted by Gasteiger charge is -2.08. The molecular weight excluding hydrogens is 410 g/mol. The molecule has 0 aliphatic heterocycles. The number of primary sulfonamides is 1. The molecule has 0 saturated heterocycles. The number of Topliss-reactive ketones (excluding diaryl/α,β-unsaturated/α-hetero) is 1. The highest BCUT2D eigenvalue weighted by atomic mass is 35.5. The van der Waals surface area contributed by atoms with Gasteiger partial charge in [0.1, 0.15) is 5.69 Å². The first-order valence-electron chi connectivity index (χ1n) is 9.36. The topological polar surface area (TPSA) is 95.1 Å². The Bertz CT molecular complexity index is 1150. The SMILES string of the molecule is NS(=O)(=O)c1ccc(-c2cc(C(=O)C3CCCC3)nn2-c2ccc(Cl)cc2)cc1. The smallest absolute Gasteiger partial charge is 0.238 e. The highest BCUT2D eigenvalue weighted by molar-refractivity contribution is 7.89. The molecule has 0 bridgehead atoms. The highest BCUT2D eigenvalue weighted by Crippen LogP contribution is 2.31. The lowest BCUT2D eigenvalue weighted by Crippen LogP contribution is -2.12. The van der Waals surface area contributed by atoms with Crippen molar-refractivity contribution in [3.8, 4) is 16.9 Å². The fourth-order valence-electron chi connectivity index (χ4n) is 3.70. The van der Waals surface area contributed by atoms with Crippen LogP contribution in [0.25, 0.3) is 16.9 Å². The van der Waals surface area contributed by atoms with Gasteiger partial charge >= 0.3 is 0 Å². The van der Waals surface area contributed by atoms with Gasteiger partial charge in [0, 0.05) is 16.5 Å². The zero-order valence-electron chi connectivity index (χ0n) is 15.6. The molecule has 1 saturated carbocycles. The summed E-state index contributed by atoms with van der Waals surface area (Å²) in [7, 11) is -3.78. The Hall–Kier alpha value is -2.48. The minimum absolute atomic E-state index is 0.0150. The summed E-state index contributed by atoms with van der Waals surface area (Å²) in [4.78, 5) is 13.0. The van der Waals surface area contributed by atoms with E-state index >= 15 is 0 Å². The van der Waals surface area contributed by atoms with E-state index in [0.29, 0.717) is 16.4 Å². The molecule has 29 heavy (non-hydrogen) atoms. The Labute approximate surface area is 174 Å². The highest BCUT2D eigenvalue weighted by Gasteiger charge is 2.27. The van der Waals surface area contributed by atoms with E-state index < -0.39 is 10.0 Å². The van der Waals surface area contributed by atoms with Gasteiger partial charge in [-0.25, -0.2) is 18.2 Å². The summed E-state index contributed by atoms with van der Waals surface area (Å²) in [6.45, 7) is 0. The zero-order chi connectivity index (χ0) is 20.6. The van der Waals surface area contributed by atoms with Gasteiger partial charge in [0.2, 0.25) is 10.0 Å². The first kappa shape index (κ1) is 19.8. The molecule has 3 aromatic rings. The molecule has 8 heteroatoms. The molecule has 150 valence electrons. The minimum Gasteiger partial charge on any atom is -0.292 e. The van der Waals surface area contributed by atoms with Gasteiger partial charge in [-0.2, -0.15) is 5.10 Å². The Morgan fingerprint density at radius 2 is 1.66 bits per heavy atom. The maximum Gasteiger partial charge on any atom is 0.238 e. The first-order valence-corrected chi connectivity index (χ1v) is 11.3. The summed E-state index contributed by atoms with van der Waals surface area (Å²) < 4.78 is 24.8. The molecule has 1 fully saturated rings. The Balaban J connectivity index is 1.80. The average Bonchev–Trinajstić information content (AvgIpc) is 3.38. The largest absolute Gasteiger partial charge is 0.292 e. The summed E-state index contributed by atoms with van der Waals surface area (Å²) in [5.41, 5.74) is 2.59. The van der Waals surface area contributed by atoms with E-state index in [9.17, 15) is 13.2 Å². The molecule has 1 aliphatic rings. The minimum atomic E-state index is -3.78. The second-order valence-corrected chi connectivity index (χ2v) is 9.22. The van der Waals surface area contributed by atoms with Crippen molar-refractivity contribution in [2.45, 2.75) is 30.6 Å². The number of benzene rings is 2. The summed E-state index contributed by atoms with van der Waals surface area (Å²) in [5.74, 6) is 0.0683. The number of sulfonamides is 1. The molecule has 2 N–H and O–H groups in total. The van der Waals surface area contributed by atoms with Crippen molar-refractivity contribution in [1.82, 2.24) is 9.78 Å². The van der Waals surface area contributed by atoms with Gasteiger partial charge < -0.3 is 0 Å². The number of nitrogens with two attached hydrogens (primary N) is 1. The van der Waals surface area contributed by atoms with E-state index in [-0.39, 0.29) is 16.6 Å². The quantitative estimate of drug-likeness (QED) is 0.614. The first-order chi connectivity index (χ1) is 13.8. The number of aromatic nitrogens is 2. The Morgan fingerprint density at radius 3 is 2.24 bits per heavy atom. The van der Waals surface area contributed by atoms with E-state index in [1.54, 1.807) is 35.0 Å². The molecule has 0 atom stereocenters. The monoisotopic (exact) mass is 429 g/mol. The second kappa shape index (κ2) is 7.74. The van der Waals surface area contributed by atoms with Gasteiger partial charge in [0.25, 0.3) is 0 Å². The number of rotatable bonds is 5. The van der Waals surface area contributed by atoms with Crippen molar-refractivity contribution in [2.24, 2.45) is 11.1 Å². The Kier molecular flexibility index (Phi) is 5.29. The van der Waals surface area contributed by atoms with Crippen LogP contribution in [0.5, 0.6) is 0 Å². The van der Waals surface area contributed by atoms with E-state index in [2.05, 4.69) is 5.10 Å². The Morgan fingerprint density at radius 1 is 1.03 bits per heavy atom. The summed E-state index contributed by atoms with van der Waals surface area (Å²) in [6, 6.07) is 15.1. The van der Waals surface area contributed by atoms with E-state index in [0.717, 1.165) is 36.9 Å². The van der Waals surface area contributed by atoms with Crippen LogP contribution < -0.4 is 5.14 Å². The lowest BCUT2D eigenvalue weighted by molar-refractivity contribution is 0.0917. The third-order valence-corrected chi connectivity index (χ3v) is 6.42. The van der Waals surface area contributed by atoms with Crippen LogP contribution >= 0.6 is 11.6 Å². The van der Waals surface area contributed by atoms with Crippen LogP contribution in [0.2, 0.25) is 5.02 Å². The van der Waals surface area contributed by atoms with Crippen molar-refractivity contribution >= 4 is 27.4 Å². The molecule has 1 heterocycles. The van der Waals surface area contributed by atoms with Crippen molar-refractivity contribution in [2.75, 3.05) is 0 Å². The standard InChI is InChI=1S/C21H20ClN3O3S/c22-16-7-9-17(10-8-16)25-20(14-5-11-18(12-6-14)29(23,27)28)13-19(24-25)21(26)15-3-1-2-4-15/h5-13,15H,1-4H2,(H2,23,27,28). The predicted molar refractivity (Wildman–Crippen MR) is 112 cm³/mol. The van der Waals surface area contributed by atoms with Crippen LogP contribution in [-0.4, -0.2) is 24.0 Å². The van der Waals surface area contributed by atoms with Crippen molar-refractivity contribution < 1.29 is 13.2 Å². The molecule has 0 spiro atoms. The molecule has 2 aromatic carbocycles. The zero-order valence-corrected chi connectivity index (χ0v) is 17.2. The average molecular weight is 430 g/mol. The molecule has 0 amide bonds. The van der Waals surface area contributed by atoms with Gasteiger partial charge in [-0.3, -0.25) is 4.79 Å². The van der Waals surface area contributed by atoms with E-state index in [4.69, 9.17) is 16.7 Å². The molecule has 1 aromatic heterocycles. The fraction of sp³-hybridized carbons (Fsp3) is 0.238. The van der Waals surface area contributed by atoms with Crippen LogP contribution in [0.4, 0.5) is 0 Å². The molecule has 6 nitrogen and oxygen atoms in total. The van der Waals surface area contributed by atoms with E-state index in [1.807, 2.05) is 12.1 Å². The maximum absolute atomic E-state index is 12.9. The summed E-state index contributed by atoms with van der Waals surface area (Å²) in [5, 5.41) is 10.4. The number of hydrogen-bond donors (Lipinski definition) is 1. The van der Waals surface area contributed by atoms with Crippen molar-refractivity contribution in [1.29, 1.82) is 0 Å². The van der Waals surface area contributed by atoms with Gasteiger partial charge in [-0.1, -0.05) is 36.6 Å². The van der Waals surface area contributed by atoms with Crippen LogP contribution in [0.1, 0.15) is 36.2 Å².